The molecule has 2 aliphatic rings. The second-order valence-electron chi connectivity index (χ2n) is 5.73. The Labute approximate surface area is 140 Å². The number of carbonyl (C=O) groups is 1. The molecule has 0 aromatic carbocycles. The van der Waals surface area contributed by atoms with Crippen LogP contribution in [0.1, 0.15) is 37.2 Å². The third-order valence-electron chi connectivity index (χ3n) is 3.95. The van der Waals surface area contributed by atoms with Gasteiger partial charge in [0.2, 0.25) is 0 Å². The number of thiocarbonyl (C=S) groups is 1. The Morgan fingerprint density at radius 3 is 2.64 bits per heavy atom. The number of rotatable bonds is 3. The van der Waals surface area contributed by atoms with Gasteiger partial charge in [-0.05, 0) is 45.0 Å². The normalized spacial score (nSPS) is 22.6. The number of furan rings is 1. The monoisotopic (exact) mass is 336 g/mol. The van der Waals surface area contributed by atoms with Crippen LogP contribution in [0.25, 0.3) is 6.08 Å². The first-order valence-electron chi connectivity index (χ1n) is 7.67. The van der Waals surface area contributed by atoms with Crippen LogP contribution >= 0.6 is 24.0 Å². The van der Waals surface area contributed by atoms with Gasteiger partial charge in [0.25, 0.3) is 5.91 Å². The van der Waals surface area contributed by atoms with Crippen molar-refractivity contribution in [2.24, 2.45) is 0 Å². The highest BCUT2D eigenvalue weighted by atomic mass is 32.2. The van der Waals surface area contributed by atoms with E-state index in [0.29, 0.717) is 21.7 Å². The molecule has 0 atom stereocenters. The lowest BCUT2D eigenvalue weighted by Crippen LogP contribution is -2.40. The molecule has 0 radical (unpaired) electrons. The number of thioether (sulfide) groups is 1. The number of hydrogen-bond acceptors (Lipinski definition) is 5. The van der Waals surface area contributed by atoms with E-state index in [1.807, 2.05) is 19.1 Å². The molecule has 22 heavy (non-hydrogen) atoms. The Morgan fingerprint density at radius 2 is 2.00 bits per heavy atom. The van der Waals surface area contributed by atoms with Crippen molar-refractivity contribution in [2.75, 3.05) is 19.8 Å². The summed E-state index contributed by atoms with van der Waals surface area (Å²) in [6.45, 7) is 4.60. The minimum absolute atomic E-state index is 0.00620. The van der Waals surface area contributed by atoms with Crippen molar-refractivity contribution in [3.05, 3.63) is 28.6 Å². The van der Waals surface area contributed by atoms with Gasteiger partial charge in [-0.25, -0.2) is 0 Å². The summed E-state index contributed by atoms with van der Waals surface area (Å²) in [7, 11) is 0. The first kappa shape index (κ1) is 15.8. The zero-order valence-corrected chi connectivity index (χ0v) is 14.3. The Morgan fingerprint density at radius 1 is 1.27 bits per heavy atom. The van der Waals surface area contributed by atoms with Gasteiger partial charge < -0.3 is 4.42 Å². The van der Waals surface area contributed by atoms with E-state index in [-0.39, 0.29) is 5.91 Å². The highest BCUT2D eigenvalue weighted by molar-refractivity contribution is 8.26. The highest BCUT2D eigenvalue weighted by Crippen LogP contribution is 2.33. The van der Waals surface area contributed by atoms with E-state index < -0.39 is 0 Å². The van der Waals surface area contributed by atoms with Crippen LogP contribution in [-0.4, -0.2) is 39.8 Å². The molecule has 0 saturated carbocycles. The highest BCUT2D eigenvalue weighted by Gasteiger charge is 2.33. The van der Waals surface area contributed by atoms with Crippen LogP contribution < -0.4 is 0 Å². The lowest BCUT2D eigenvalue weighted by molar-refractivity contribution is -0.123. The molecule has 4 nitrogen and oxygen atoms in total. The van der Waals surface area contributed by atoms with Gasteiger partial charge in [-0.2, -0.15) is 0 Å². The first-order chi connectivity index (χ1) is 10.6. The summed E-state index contributed by atoms with van der Waals surface area (Å²) in [6.07, 6.45) is 6.76. The summed E-state index contributed by atoms with van der Waals surface area (Å²) < 4.78 is 6.16. The van der Waals surface area contributed by atoms with Crippen LogP contribution in [0.5, 0.6) is 0 Å². The topological polar surface area (TPSA) is 36.7 Å². The lowest BCUT2D eigenvalue weighted by atomic mass is 10.2. The summed E-state index contributed by atoms with van der Waals surface area (Å²) >= 11 is 6.75. The maximum atomic E-state index is 12.6. The summed E-state index contributed by atoms with van der Waals surface area (Å²) in [6, 6.07) is 3.76. The van der Waals surface area contributed by atoms with Crippen LogP contribution in [0.15, 0.2) is 21.5 Å². The third-order valence-corrected chi connectivity index (χ3v) is 5.33. The molecule has 0 bridgehead atoms. The standard InChI is InChI=1S/C16H20N2O2S2/c1-12-6-7-13(20-12)10-14-15(19)18(16(21)22-14)11-17-8-4-2-3-5-9-17/h6-7,10H,2-5,8-9,11H2,1H3. The van der Waals surface area contributed by atoms with Gasteiger partial charge in [0, 0.05) is 6.08 Å². The SMILES string of the molecule is Cc1ccc(C=C2SC(=S)N(CN3CCCCCC3)C2=O)o1. The second-order valence-corrected chi connectivity index (χ2v) is 7.41. The predicted molar refractivity (Wildman–Crippen MR) is 93.4 cm³/mol. The fourth-order valence-corrected chi connectivity index (χ4v) is 3.98. The molecule has 2 saturated heterocycles. The van der Waals surface area contributed by atoms with E-state index >= 15 is 0 Å². The van der Waals surface area contributed by atoms with Crippen LogP contribution in [0.2, 0.25) is 0 Å². The Bertz CT molecular complexity index is 601. The van der Waals surface area contributed by atoms with Crippen molar-refractivity contribution in [1.82, 2.24) is 9.80 Å². The number of carbonyl (C=O) groups excluding carboxylic acids is 1. The van der Waals surface area contributed by atoms with Crippen molar-refractivity contribution >= 4 is 40.3 Å². The van der Waals surface area contributed by atoms with Gasteiger partial charge in [-0.15, -0.1) is 0 Å². The number of hydrogen-bond donors (Lipinski definition) is 0. The van der Waals surface area contributed by atoms with E-state index in [0.717, 1.165) is 18.8 Å². The van der Waals surface area contributed by atoms with Crippen LogP contribution in [-0.2, 0) is 4.79 Å². The minimum Gasteiger partial charge on any atom is -0.462 e. The zero-order chi connectivity index (χ0) is 15.5. The fourth-order valence-electron chi connectivity index (χ4n) is 2.76. The van der Waals surface area contributed by atoms with Crippen LogP contribution in [0.3, 0.4) is 0 Å². The third kappa shape index (κ3) is 3.62. The largest absolute Gasteiger partial charge is 0.462 e. The molecular formula is C16H20N2O2S2. The molecule has 0 N–H and O–H groups in total. The molecule has 1 aromatic rings. The molecule has 3 rings (SSSR count). The minimum atomic E-state index is -0.00620. The van der Waals surface area contributed by atoms with Crippen molar-refractivity contribution in [2.45, 2.75) is 32.6 Å². The fraction of sp³-hybridized carbons (Fsp3) is 0.500. The van der Waals surface area contributed by atoms with Gasteiger partial charge in [-0.3, -0.25) is 14.6 Å². The molecule has 0 spiro atoms. The number of likely N-dealkylation sites (tertiary alicyclic amines) is 1. The maximum absolute atomic E-state index is 12.6. The summed E-state index contributed by atoms with van der Waals surface area (Å²) in [5.74, 6) is 1.53. The van der Waals surface area contributed by atoms with Crippen molar-refractivity contribution in [3.8, 4) is 0 Å². The van der Waals surface area contributed by atoms with Crippen molar-refractivity contribution in [1.29, 1.82) is 0 Å². The average molecular weight is 336 g/mol. The van der Waals surface area contributed by atoms with Crippen LogP contribution in [0.4, 0.5) is 0 Å². The van der Waals surface area contributed by atoms with E-state index in [1.54, 1.807) is 11.0 Å². The molecule has 6 heteroatoms. The predicted octanol–water partition coefficient (Wildman–Crippen LogP) is 3.62. The molecule has 118 valence electrons. The molecular weight excluding hydrogens is 316 g/mol. The van der Waals surface area contributed by atoms with Crippen molar-refractivity contribution < 1.29 is 9.21 Å². The second kappa shape index (κ2) is 6.98. The van der Waals surface area contributed by atoms with Gasteiger partial charge in [0.1, 0.15) is 15.8 Å². The Balaban J connectivity index is 1.69. The molecule has 3 heterocycles. The van der Waals surface area contributed by atoms with Crippen molar-refractivity contribution in [3.63, 3.8) is 0 Å². The van der Waals surface area contributed by atoms with Gasteiger partial charge >= 0.3 is 0 Å². The van der Waals surface area contributed by atoms with Gasteiger partial charge in [0.15, 0.2) is 0 Å². The average Bonchev–Trinajstić information content (AvgIpc) is 2.88. The molecule has 2 fully saturated rings. The molecule has 2 aliphatic heterocycles. The maximum Gasteiger partial charge on any atom is 0.267 e. The quantitative estimate of drug-likeness (QED) is 0.622. The van der Waals surface area contributed by atoms with Gasteiger partial charge in [-0.1, -0.05) is 36.8 Å². The zero-order valence-electron chi connectivity index (χ0n) is 12.7. The number of amides is 1. The first-order valence-corrected chi connectivity index (χ1v) is 8.90. The smallest absolute Gasteiger partial charge is 0.267 e. The Kier molecular flexibility index (Phi) is 5.00. The summed E-state index contributed by atoms with van der Waals surface area (Å²) in [4.78, 5) is 17.3. The molecule has 1 aromatic heterocycles. The van der Waals surface area contributed by atoms with E-state index in [9.17, 15) is 4.79 Å². The van der Waals surface area contributed by atoms with Gasteiger partial charge in [0.05, 0.1) is 11.6 Å². The Hall–Kier alpha value is -1.11. The number of nitrogens with zero attached hydrogens (tertiary/aromatic N) is 2. The summed E-state index contributed by atoms with van der Waals surface area (Å²) in [5, 5.41) is 0. The molecule has 0 unspecified atom stereocenters. The van der Waals surface area contributed by atoms with Crippen LogP contribution in [0, 0.1) is 6.92 Å². The molecule has 1 amide bonds. The van der Waals surface area contributed by atoms with E-state index in [2.05, 4.69) is 4.90 Å². The lowest BCUT2D eigenvalue weighted by Gasteiger charge is -2.25. The van der Waals surface area contributed by atoms with E-state index in [1.165, 1.54) is 37.4 Å². The summed E-state index contributed by atoms with van der Waals surface area (Å²) in [5.41, 5.74) is 0. The number of aryl methyl sites for hydroxylation is 1. The molecule has 0 aliphatic carbocycles. The van der Waals surface area contributed by atoms with E-state index in [4.69, 9.17) is 16.6 Å².